The Morgan fingerprint density at radius 3 is 2.65 bits per heavy atom. The number of carboxylic acids is 1. The van der Waals surface area contributed by atoms with E-state index in [1.54, 1.807) is 0 Å². The fourth-order valence-electron chi connectivity index (χ4n) is 1.82. The first kappa shape index (κ1) is 14.2. The second kappa shape index (κ2) is 5.40. The van der Waals surface area contributed by atoms with Gasteiger partial charge in [0.05, 0.1) is 11.3 Å². The van der Waals surface area contributed by atoms with Gasteiger partial charge in [-0.1, -0.05) is 13.8 Å². The molecule has 0 atom stereocenters. The van der Waals surface area contributed by atoms with Gasteiger partial charge >= 0.3 is 5.97 Å². The molecule has 0 aliphatic carbocycles. The van der Waals surface area contributed by atoms with E-state index in [0.717, 1.165) is 6.07 Å². The Hall–Kier alpha value is -2.24. The maximum absolute atomic E-state index is 13.7. The summed E-state index contributed by atoms with van der Waals surface area (Å²) in [6.07, 6.45) is 0.397. The molecule has 106 valence electrons. The van der Waals surface area contributed by atoms with Crippen molar-refractivity contribution in [1.82, 2.24) is 4.98 Å². The fraction of sp³-hybridized carbons (Fsp3) is 0.286. The number of hydrogen-bond acceptors (Lipinski definition) is 3. The van der Waals surface area contributed by atoms with Crippen LogP contribution in [0.1, 0.15) is 30.1 Å². The molecule has 2 rings (SSSR count). The summed E-state index contributed by atoms with van der Waals surface area (Å²) in [5.41, 5.74) is 0.190. The molecule has 1 N–H and O–H groups in total. The predicted octanol–water partition coefficient (Wildman–Crippen LogP) is 3.52. The second-order valence-electron chi connectivity index (χ2n) is 4.82. The summed E-state index contributed by atoms with van der Waals surface area (Å²) < 4.78 is 31.6. The molecule has 0 aliphatic rings. The van der Waals surface area contributed by atoms with Gasteiger partial charge < -0.3 is 9.52 Å². The molecular formula is C14H13F2NO3. The van der Waals surface area contributed by atoms with Crippen molar-refractivity contribution in [3.05, 3.63) is 41.3 Å². The number of aromatic nitrogens is 1. The van der Waals surface area contributed by atoms with Crippen LogP contribution in [-0.2, 0) is 6.42 Å². The molecule has 1 aromatic carbocycles. The van der Waals surface area contributed by atoms with Crippen molar-refractivity contribution in [2.24, 2.45) is 5.92 Å². The van der Waals surface area contributed by atoms with Crippen LogP contribution < -0.4 is 0 Å². The number of carbonyl (C=O) groups is 1. The van der Waals surface area contributed by atoms with Gasteiger partial charge in [-0.15, -0.1) is 0 Å². The van der Waals surface area contributed by atoms with Gasteiger partial charge in [-0.2, -0.15) is 0 Å². The third-order valence-electron chi connectivity index (χ3n) is 2.65. The minimum absolute atomic E-state index is 0.0658. The highest BCUT2D eigenvalue weighted by atomic mass is 19.1. The number of halogens is 2. The first-order chi connectivity index (χ1) is 9.38. The summed E-state index contributed by atoms with van der Waals surface area (Å²) in [6, 6.07) is 2.93. The van der Waals surface area contributed by atoms with Crippen LogP contribution in [0.2, 0.25) is 0 Å². The maximum Gasteiger partial charge on any atom is 0.373 e. The lowest BCUT2D eigenvalue weighted by atomic mass is 10.1. The van der Waals surface area contributed by atoms with Crippen LogP contribution in [0.4, 0.5) is 8.78 Å². The van der Waals surface area contributed by atoms with E-state index in [2.05, 4.69) is 4.98 Å². The molecule has 0 saturated carbocycles. The first-order valence-corrected chi connectivity index (χ1v) is 6.07. The van der Waals surface area contributed by atoms with Crippen molar-refractivity contribution < 1.29 is 23.1 Å². The van der Waals surface area contributed by atoms with E-state index < -0.39 is 17.6 Å². The van der Waals surface area contributed by atoms with Gasteiger partial charge in [-0.25, -0.2) is 18.6 Å². The monoisotopic (exact) mass is 281 g/mol. The number of benzene rings is 1. The van der Waals surface area contributed by atoms with Crippen LogP contribution in [0.25, 0.3) is 11.5 Å². The Labute approximate surface area is 114 Å². The number of oxazole rings is 1. The number of hydrogen-bond donors (Lipinski definition) is 1. The summed E-state index contributed by atoms with van der Waals surface area (Å²) in [6.45, 7) is 3.80. The summed E-state index contributed by atoms with van der Waals surface area (Å²) >= 11 is 0. The van der Waals surface area contributed by atoms with E-state index >= 15 is 0 Å². The third kappa shape index (κ3) is 2.84. The highest BCUT2D eigenvalue weighted by Crippen LogP contribution is 2.26. The maximum atomic E-state index is 13.7. The van der Waals surface area contributed by atoms with Gasteiger partial charge in [-0.3, -0.25) is 0 Å². The highest BCUT2D eigenvalue weighted by molar-refractivity contribution is 5.86. The lowest BCUT2D eigenvalue weighted by Crippen LogP contribution is -2.03. The van der Waals surface area contributed by atoms with E-state index in [-0.39, 0.29) is 28.8 Å². The van der Waals surface area contributed by atoms with Crippen molar-refractivity contribution in [2.45, 2.75) is 20.3 Å². The summed E-state index contributed by atoms with van der Waals surface area (Å²) in [5.74, 6) is -3.13. The molecule has 0 amide bonds. The van der Waals surface area contributed by atoms with Crippen LogP contribution in [0.3, 0.4) is 0 Å². The number of rotatable bonds is 4. The molecular weight excluding hydrogens is 268 g/mol. The average Bonchev–Trinajstić information content (AvgIpc) is 2.71. The molecule has 1 heterocycles. The Morgan fingerprint density at radius 1 is 1.40 bits per heavy atom. The molecule has 0 bridgehead atoms. The molecule has 4 nitrogen and oxygen atoms in total. The second-order valence-corrected chi connectivity index (χ2v) is 4.82. The lowest BCUT2D eigenvalue weighted by Gasteiger charge is -2.00. The molecule has 0 fully saturated rings. The van der Waals surface area contributed by atoms with Crippen LogP contribution in [-0.4, -0.2) is 16.1 Å². The molecule has 1 aromatic heterocycles. The summed E-state index contributed by atoms with van der Waals surface area (Å²) in [7, 11) is 0. The molecule has 2 aromatic rings. The largest absolute Gasteiger partial charge is 0.475 e. The van der Waals surface area contributed by atoms with Gasteiger partial charge in [0.1, 0.15) is 11.6 Å². The topological polar surface area (TPSA) is 63.3 Å². The van der Waals surface area contributed by atoms with Crippen molar-refractivity contribution in [1.29, 1.82) is 0 Å². The molecule has 0 spiro atoms. The lowest BCUT2D eigenvalue weighted by molar-refractivity contribution is 0.0661. The first-order valence-electron chi connectivity index (χ1n) is 6.07. The van der Waals surface area contributed by atoms with Crippen LogP contribution in [0, 0.1) is 17.6 Å². The number of aromatic carboxylic acids is 1. The Balaban J connectivity index is 2.49. The van der Waals surface area contributed by atoms with E-state index in [9.17, 15) is 13.6 Å². The van der Waals surface area contributed by atoms with Crippen LogP contribution in [0.15, 0.2) is 22.6 Å². The molecule has 0 unspecified atom stereocenters. The molecule has 0 radical (unpaired) electrons. The molecule has 0 aliphatic heterocycles. The Bertz CT molecular complexity index is 650. The minimum Gasteiger partial charge on any atom is -0.475 e. The van der Waals surface area contributed by atoms with Crippen molar-refractivity contribution in [3.8, 4) is 11.5 Å². The summed E-state index contributed by atoms with van der Waals surface area (Å²) in [4.78, 5) is 15.1. The SMILES string of the molecule is CC(C)Cc1nc(-c2ccc(F)cc2F)oc1C(=O)O. The third-order valence-corrected chi connectivity index (χ3v) is 2.65. The van der Waals surface area contributed by atoms with E-state index in [1.807, 2.05) is 13.8 Å². The van der Waals surface area contributed by atoms with Gasteiger partial charge in [0.25, 0.3) is 0 Å². The fourth-order valence-corrected chi connectivity index (χ4v) is 1.82. The standard InChI is InChI=1S/C14H13F2NO3/c1-7(2)5-11-12(14(18)19)20-13(17-11)9-4-3-8(15)6-10(9)16/h3-4,6-7H,5H2,1-2H3,(H,18,19). The van der Waals surface area contributed by atoms with E-state index in [4.69, 9.17) is 9.52 Å². The van der Waals surface area contributed by atoms with Crippen molar-refractivity contribution >= 4 is 5.97 Å². The molecule has 0 saturated heterocycles. The highest BCUT2D eigenvalue weighted by Gasteiger charge is 2.22. The Kier molecular flexibility index (Phi) is 3.83. The van der Waals surface area contributed by atoms with E-state index in [1.165, 1.54) is 6.07 Å². The quantitative estimate of drug-likeness (QED) is 0.931. The predicted molar refractivity (Wildman–Crippen MR) is 67.4 cm³/mol. The summed E-state index contributed by atoms with van der Waals surface area (Å²) in [5, 5.41) is 9.06. The minimum atomic E-state index is -1.26. The number of carboxylic acid groups (broad SMARTS) is 1. The van der Waals surface area contributed by atoms with Gasteiger partial charge in [0.2, 0.25) is 11.7 Å². The smallest absolute Gasteiger partial charge is 0.373 e. The van der Waals surface area contributed by atoms with Gasteiger partial charge in [-0.05, 0) is 24.5 Å². The molecule has 6 heteroatoms. The van der Waals surface area contributed by atoms with Crippen molar-refractivity contribution in [2.75, 3.05) is 0 Å². The van der Waals surface area contributed by atoms with Crippen LogP contribution >= 0.6 is 0 Å². The average molecular weight is 281 g/mol. The molecule has 20 heavy (non-hydrogen) atoms. The van der Waals surface area contributed by atoms with Crippen LogP contribution in [0.5, 0.6) is 0 Å². The normalized spacial score (nSPS) is 11.1. The van der Waals surface area contributed by atoms with E-state index in [0.29, 0.717) is 12.5 Å². The van der Waals surface area contributed by atoms with Gasteiger partial charge in [0, 0.05) is 6.07 Å². The zero-order chi connectivity index (χ0) is 14.9. The zero-order valence-corrected chi connectivity index (χ0v) is 11.0. The Morgan fingerprint density at radius 2 is 2.10 bits per heavy atom. The van der Waals surface area contributed by atoms with Gasteiger partial charge in [0.15, 0.2) is 0 Å². The van der Waals surface area contributed by atoms with Crippen molar-refractivity contribution in [3.63, 3.8) is 0 Å². The zero-order valence-electron chi connectivity index (χ0n) is 11.0. The number of nitrogens with zero attached hydrogens (tertiary/aromatic N) is 1.